The van der Waals surface area contributed by atoms with Crippen LogP contribution in [0.2, 0.25) is 0 Å². The van der Waals surface area contributed by atoms with Gasteiger partial charge in [0.15, 0.2) is 5.65 Å². The van der Waals surface area contributed by atoms with E-state index in [-0.39, 0.29) is 6.03 Å². The van der Waals surface area contributed by atoms with Crippen LogP contribution in [0.25, 0.3) is 5.65 Å². The van der Waals surface area contributed by atoms with Crippen LogP contribution in [-0.2, 0) is 6.54 Å². The highest BCUT2D eigenvalue weighted by Crippen LogP contribution is 2.28. The number of amides is 2. The topological polar surface area (TPSA) is 81.0 Å². The summed E-state index contributed by atoms with van der Waals surface area (Å²) < 4.78 is 12.6. The second kappa shape index (κ2) is 6.55. The highest BCUT2D eigenvalue weighted by molar-refractivity contribution is 5.89. The Hall–Kier alpha value is -3.29. The maximum absolute atomic E-state index is 12.7. The number of benzene rings is 1. The molecule has 0 bridgehead atoms. The third-order valence-corrected chi connectivity index (χ3v) is 4.23. The summed E-state index contributed by atoms with van der Waals surface area (Å²) in [6, 6.07) is 7.29. The Balaban J connectivity index is 1.51. The predicted molar refractivity (Wildman–Crippen MR) is 95.6 cm³/mol. The van der Waals surface area contributed by atoms with E-state index < -0.39 is 0 Å². The van der Waals surface area contributed by atoms with Gasteiger partial charge in [0, 0.05) is 17.7 Å². The van der Waals surface area contributed by atoms with E-state index in [1.54, 1.807) is 28.9 Å². The van der Waals surface area contributed by atoms with Crippen molar-refractivity contribution >= 4 is 17.4 Å². The summed E-state index contributed by atoms with van der Waals surface area (Å²) in [5, 5.41) is 7.19. The van der Waals surface area contributed by atoms with Gasteiger partial charge in [-0.1, -0.05) is 0 Å². The predicted octanol–water partition coefficient (Wildman–Crippen LogP) is 2.47. The van der Waals surface area contributed by atoms with Gasteiger partial charge in [0.25, 0.3) is 0 Å². The lowest BCUT2D eigenvalue weighted by molar-refractivity contribution is 0.200. The zero-order chi connectivity index (χ0) is 18.1. The Morgan fingerprint density at radius 1 is 1.35 bits per heavy atom. The number of aryl methyl sites for hydroxylation is 1. The van der Waals surface area contributed by atoms with Crippen molar-refractivity contribution in [3.63, 3.8) is 0 Å². The molecular weight excluding hydrogens is 334 g/mol. The van der Waals surface area contributed by atoms with Crippen LogP contribution >= 0.6 is 0 Å². The van der Waals surface area contributed by atoms with Gasteiger partial charge in [-0.25, -0.2) is 14.3 Å². The van der Waals surface area contributed by atoms with Gasteiger partial charge in [0.05, 0.1) is 44.0 Å². The first-order chi connectivity index (χ1) is 12.6. The molecule has 3 heterocycles. The number of nitrogens with zero attached hydrogens (tertiary/aromatic N) is 4. The number of nitrogens with one attached hydrogen (secondary N) is 1. The van der Waals surface area contributed by atoms with E-state index in [2.05, 4.69) is 15.4 Å². The molecule has 0 fully saturated rings. The van der Waals surface area contributed by atoms with Gasteiger partial charge >= 0.3 is 6.03 Å². The molecule has 2 aromatic heterocycles. The minimum Gasteiger partial charge on any atom is -0.497 e. The first-order valence-corrected chi connectivity index (χ1v) is 8.30. The van der Waals surface area contributed by atoms with E-state index in [0.29, 0.717) is 25.4 Å². The Kier molecular flexibility index (Phi) is 4.08. The number of carbonyl (C=O) groups excluding carboxylic acids is 1. The van der Waals surface area contributed by atoms with E-state index in [1.807, 2.05) is 31.2 Å². The molecule has 4 rings (SSSR count). The number of hydrogen-bond donors (Lipinski definition) is 1. The first kappa shape index (κ1) is 16.2. The van der Waals surface area contributed by atoms with E-state index in [0.717, 1.165) is 28.4 Å². The van der Waals surface area contributed by atoms with Crippen molar-refractivity contribution in [2.75, 3.05) is 25.6 Å². The van der Waals surface area contributed by atoms with Gasteiger partial charge in [0.1, 0.15) is 18.1 Å². The Morgan fingerprint density at radius 2 is 2.23 bits per heavy atom. The van der Waals surface area contributed by atoms with Gasteiger partial charge in [0.2, 0.25) is 0 Å². The minimum atomic E-state index is -0.206. The summed E-state index contributed by atoms with van der Waals surface area (Å²) in [5.41, 5.74) is 3.14. The standard InChI is InChI=1S/C18H19N5O3/c1-12-7-17-19-9-14(11-23(17)21-12)20-18(24)22-5-6-26-16-8-15(25-2)4-3-13(16)10-22/h3-4,7-9,11H,5-6,10H2,1-2H3,(H,20,24). The average molecular weight is 353 g/mol. The molecule has 0 saturated carbocycles. The molecule has 1 aliphatic rings. The second-order valence-electron chi connectivity index (χ2n) is 6.10. The summed E-state index contributed by atoms with van der Waals surface area (Å²) in [6.07, 6.45) is 3.38. The fraction of sp³-hybridized carbons (Fsp3) is 0.278. The number of fused-ring (bicyclic) bond motifs is 2. The smallest absolute Gasteiger partial charge is 0.322 e. The molecule has 134 valence electrons. The maximum atomic E-state index is 12.7. The SMILES string of the molecule is COc1ccc2c(c1)OCCN(C(=O)Nc1cnc3cc(C)nn3c1)C2. The molecule has 8 heteroatoms. The van der Waals surface area contributed by atoms with Crippen molar-refractivity contribution < 1.29 is 14.3 Å². The van der Waals surface area contributed by atoms with Crippen LogP contribution in [0.5, 0.6) is 11.5 Å². The number of anilines is 1. The highest BCUT2D eigenvalue weighted by atomic mass is 16.5. The van der Waals surface area contributed by atoms with Crippen LogP contribution in [0.4, 0.5) is 10.5 Å². The molecule has 26 heavy (non-hydrogen) atoms. The molecule has 0 spiro atoms. The summed E-state index contributed by atoms with van der Waals surface area (Å²) in [6.45, 7) is 3.26. The molecule has 3 aromatic rings. The largest absolute Gasteiger partial charge is 0.497 e. The van der Waals surface area contributed by atoms with Crippen LogP contribution in [0, 0.1) is 6.92 Å². The number of rotatable bonds is 2. The van der Waals surface area contributed by atoms with E-state index in [1.165, 1.54) is 0 Å². The number of ether oxygens (including phenoxy) is 2. The normalized spacial score (nSPS) is 13.7. The number of carbonyl (C=O) groups is 1. The molecule has 2 amide bonds. The lowest BCUT2D eigenvalue weighted by Gasteiger charge is -2.20. The van der Waals surface area contributed by atoms with Gasteiger partial charge in [-0.15, -0.1) is 0 Å². The van der Waals surface area contributed by atoms with E-state index in [4.69, 9.17) is 9.47 Å². The highest BCUT2D eigenvalue weighted by Gasteiger charge is 2.20. The lowest BCUT2D eigenvalue weighted by atomic mass is 10.2. The zero-order valence-corrected chi connectivity index (χ0v) is 14.6. The monoisotopic (exact) mass is 353 g/mol. The van der Waals surface area contributed by atoms with Crippen molar-refractivity contribution in [1.29, 1.82) is 0 Å². The first-order valence-electron chi connectivity index (χ1n) is 8.30. The minimum absolute atomic E-state index is 0.206. The summed E-state index contributed by atoms with van der Waals surface area (Å²) in [7, 11) is 1.62. The third-order valence-electron chi connectivity index (χ3n) is 4.23. The van der Waals surface area contributed by atoms with Crippen molar-refractivity contribution in [2.24, 2.45) is 0 Å². The quantitative estimate of drug-likeness (QED) is 0.765. The van der Waals surface area contributed by atoms with Gasteiger partial charge in [-0.05, 0) is 19.1 Å². The van der Waals surface area contributed by atoms with E-state index >= 15 is 0 Å². The number of hydrogen-bond acceptors (Lipinski definition) is 5. The number of methoxy groups -OCH3 is 1. The van der Waals surface area contributed by atoms with Crippen molar-refractivity contribution in [1.82, 2.24) is 19.5 Å². The molecule has 1 aromatic carbocycles. The zero-order valence-electron chi connectivity index (χ0n) is 14.6. The van der Waals surface area contributed by atoms with Crippen molar-refractivity contribution in [3.05, 3.63) is 47.9 Å². The fourth-order valence-corrected chi connectivity index (χ4v) is 2.91. The molecular formula is C18H19N5O3. The van der Waals surface area contributed by atoms with E-state index in [9.17, 15) is 4.79 Å². The molecule has 0 aliphatic carbocycles. The summed E-state index contributed by atoms with van der Waals surface area (Å²) in [4.78, 5) is 18.7. The van der Waals surface area contributed by atoms with Gasteiger partial charge < -0.3 is 19.7 Å². The number of aromatic nitrogens is 3. The van der Waals surface area contributed by atoms with Crippen molar-refractivity contribution in [3.8, 4) is 11.5 Å². The molecule has 8 nitrogen and oxygen atoms in total. The van der Waals surface area contributed by atoms with Crippen LogP contribution in [-0.4, -0.2) is 45.8 Å². The Bertz CT molecular complexity index is 969. The Morgan fingerprint density at radius 3 is 3.08 bits per heavy atom. The molecule has 0 unspecified atom stereocenters. The number of urea groups is 1. The van der Waals surface area contributed by atoms with Crippen LogP contribution < -0.4 is 14.8 Å². The van der Waals surface area contributed by atoms with Crippen LogP contribution in [0.1, 0.15) is 11.3 Å². The average Bonchev–Trinajstić information content (AvgIpc) is 2.87. The van der Waals surface area contributed by atoms with Gasteiger partial charge in [-0.2, -0.15) is 5.10 Å². The van der Waals surface area contributed by atoms with Gasteiger partial charge in [-0.3, -0.25) is 0 Å². The van der Waals surface area contributed by atoms with Crippen molar-refractivity contribution in [2.45, 2.75) is 13.5 Å². The molecule has 0 atom stereocenters. The second-order valence-corrected chi connectivity index (χ2v) is 6.10. The molecule has 0 radical (unpaired) electrons. The summed E-state index contributed by atoms with van der Waals surface area (Å²) in [5.74, 6) is 1.48. The molecule has 0 saturated heterocycles. The van der Waals surface area contributed by atoms with Crippen LogP contribution in [0.3, 0.4) is 0 Å². The maximum Gasteiger partial charge on any atom is 0.322 e. The molecule has 1 N–H and O–H groups in total. The summed E-state index contributed by atoms with van der Waals surface area (Å²) >= 11 is 0. The lowest BCUT2D eigenvalue weighted by Crippen LogP contribution is -2.36. The van der Waals surface area contributed by atoms with Crippen LogP contribution in [0.15, 0.2) is 36.7 Å². The Labute approximate surface area is 150 Å². The fourth-order valence-electron chi connectivity index (χ4n) is 2.91. The molecule has 1 aliphatic heterocycles. The third kappa shape index (κ3) is 3.13.